The van der Waals surface area contributed by atoms with Gasteiger partial charge >= 0.3 is 6.03 Å². The maximum Gasteiger partial charge on any atom is 0.319 e. The van der Waals surface area contributed by atoms with Gasteiger partial charge in [-0.25, -0.2) is 9.78 Å². The zero-order valence-electron chi connectivity index (χ0n) is 17.5. The Morgan fingerprint density at radius 3 is 2.55 bits per heavy atom. The molecule has 0 bridgehead atoms. The highest BCUT2D eigenvalue weighted by atomic mass is 16.2. The van der Waals surface area contributed by atoms with Crippen molar-refractivity contribution in [1.29, 1.82) is 0 Å². The Labute approximate surface area is 181 Å². The van der Waals surface area contributed by atoms with Gasteiger partial charge in [-0.05, 0) is 37.0 Å². The van der Waals surface area contributed by atoms with E-state index in [0.717, 1.165) is 37.1 Å². The average Bonchev–Trinajstić information content (AvgIpc) is 3.49. The summed E-state index contributed by atoms with van der Waals surface area (Å²) < 4.78 is 1.67. The van der Waals surface area contributed by atoms with Crippen molar-refractivity contribution < 1.29 is 9.59 Å². The molecule has 0 radical (unpaired) electrons. The summed E-state index contributed by atoms with van der Waals surface area (Å²) in [7, 11) is 0. The number of amides is 3. The molecule has 1 aromatic heterocycles. The molecule has 1 saturated heterocycles. The molecule has 4 rings (SSSR count). The number of urea groups is 1. The smallest absolute Gasteiger partial charge is 0.319 e. The van der Waals surface area contributed by atoms with Crippen molar-refractivity contribution in [1.82, 2.24) is 25.0 Å². The zero-order valence-corrected chi connectivity index (χ0v) is 17.5. The van der Waals surface area contributed by atoms with Crippen molar-refractivity contribution >= 4 is 17.6 Å². The standard InChI is InChI=1S/C23H26N6O2/c1-17-8-7-11-19(22(30)28-12-5-6-13-28)21(17)27-23(31)26-20(14-29-16-24-15-25-29)18-9-3-2-4-10-18/h2-4,7-11,15-16,20H,5-6,12-14H2,1H3,(H2,26,27,31). The highest BCUT2D eigenvalue weighted by Crippen LogP contribution is 2.24. The van der Waals surface area contributed by atoms with Gasteiger partial charge in [-0.1, -0.05) is 42.5 Å². The predicted molar refractivity (Wildman–Crippen MR) is 118 cm³/mol. The number of nitrogens with zero attached hydrogens (tertiary/aromatic N) is 4. The molecule has 8 nitrogen and oxygen atoms in total. The van der Waals surface area contributed by atoms with Crippen LogP contribution in [0.15, 0.2) is 61.2 Å². The van der Waals surface area contributed by atoms with E-state index in [1.807, 2.05) is 54.3 Å². The van der Waals surface area contributed by atoms with Crippen LogP contribution in [0.4, 0.5) is 10.5 Å². The maximum atomic E-state index is 13.0. The first-order valence-corrected chi connectivity index (χ1v) is 10.5. The number of carbonyl (C=O) groups excluding carboxylic acids is 2. The van der Waals surface area contributed by atoms with Crippen LogP contribution in [0.3, 0.4) is 0 Å². The molecule has 1 fully saturated rings. The molecule has 1 aliphatic rings. The van der Waals surface area contributed by atoms with E-state index >= 15 is 0 Å². The number of aryl methyl sites for hydroxylation is 1. The number of aromatic nitrogens is 3. The highest BCUT2D eigenvalue weighted by Gasteiger charge is 2.24. The van der Waals surface area contributed by atoms with Gasteiger partial charge in [-0.2, -0.15) is 5.10 Å². The Morgan fingerprint density at radius 1 is 1.06 bits per heavy atom. The number of anilines is 1. The van der Waals surface area contributed by atoms with Crippen molar-refractivity contribution in [2.75, 3.05) is 18.4 Å². The molecule has 2 heterocycles. The lowest BCUT2D eigenvalue weighted by Crippen LogP contribution is -2.36. The zero-order chi connectivity index (χ0) is 21.6. The summed E-state index contributed by atoms with van der Waals surface area (Å²) in [5.74, 6) is -0.0428. The molecule has 1 aliphatic heterocycles. The highest BCUT2D eigenvalue weighted by molar-refractivity contribution is 6.04. The molecule has 160 valence electrons. The summed E-state index contributed by atoms with van der Waals surface area (Å²) in [5.41, 5.74) is 2.85. The number of para-hydroxylation sites is 1. The van der Waals surface area contributed by atoms with Crippen LogP contribution >= 0.6 is 0 Å². The summed E-state index contributed by atoms with van der Waals surface area (Å²) in [6.07, 6.45) is 5.11. The van der Waals surface area contributed by atoms with Gasteiger partial charge in [0.2, 0.25) is 0 Å². The van der Waals surface area contributed by atoms with E-state index in [-0.39, 0.29) is 18.0 Å². The van der Waals surface area contributed by atoms with Crippen LogP contribution in [-0.4, -0.2) is 44.7 Å². The van der Waals surface area contributed by atoms with Crippen molar-refractivity contribution in [3.05, 3.63) is 77.9 Å². The fraction of sp³-hybridized carbons (Fsp3) is 0.304. The summed E-state index contributed by atoms with van der Waals surface area (Å²) in [4.78, 5) is 31.8. The van der Waals surface area contributed by atoms with Gasteiger partial charge in [0, 0.05) is 13.1 Å². The third kappa shape index (κ3) is 4.91. The van der Waals surface area contributed by atoms with E-state index in [0.29, 0.717) is 17.8 Å². The number of rotatable bonds is 6. The maximum absolute atomic E-state index is 13.0. The van der Waals surface area contributed by atoms with Crippen molar-refractivity contribution in [3.8, 4) is 0 Å². The molecule has 0 saturated carbocycles. The Morgan fingerprint density at radius 2 is 1.84 bits per heavy atom. The van der Waals surface area contributed by atoms with Gasteiger partial charge in [-0.15, -0.1) is 0 Å². The number of nitrogens with one attached hydrogen (secondary N) is 2. The van der Waals surface area contributed by atoms with Crippen LogP contribution in [0.2, 0.25) is 0 Å². The van der Waals surface area contributed by atoms with E-state index in [2.05, 4.69) is 20.7 Å². The molecule has 3 aromatic rings. The Balaban J connectivity index is 1.53. The Kier molecular flexibility index (Phi) is 6.26. The van der Waals surface area contributed by atoms with E-state index in [9.17, 15) is 9.59 Å². The summed E-state index contributed by atoms with van der Waals surface area (Å²) >= 11 is 0. The van der Waals surface area contributed by atoms with Gasteiger partial charge in [0.1, 0.15) is 12.7 Å². The van der Waals surface area contributed by atoms with Crippen molar-refractivity contribution in [2.45, 2.75) is 32.4 Å². The largest absolute Gasteiger partial charge is 0.339 e. The SMILES string of the molecule is Cc1cccc(C(=O)N2CCCC2)c1NC(=O)NC(Cn1cncn1)c1ccccc1. The van der Waals surface area contributed by atoms with Crippen LogP contribution in [0.1, 0.15) is 40.4 Å². The predicted octanol–water partition coefficient (Wildman–Crippen LogP) is 3.39. The molecule has 1 atom stereocenters. The summed E-state index contributed by atoms with van der Waals surface area (Å²) in [5, 5.41) is 10.1. The topological polar surface area (TPSA) is 92.2 Å². The number of hydrogen-bond donors (Lipinski definition) is 2. The Hall–Kier alpha value is -3.68. The summed E-state index contributed by atoms with van der Waals surface area (Å²) in [6.45, 7) is 3.84. The second-order valence-electron chi connectivity index (χ2n) is 7.68. The van der Waals surface area contributed by atoms with Crippen LogP contribution < -0.4 is 10.6 Å². The molecular formula is C23H26N6O2. The van der Waals surface area contributed by atoms with Gasteiger partial charge in [-0.3, -0.25) is 9.48 Å². The fourth-order valence-electron chi connectivity index (χ4n) is 3.84. The monoisotopic (exact) mass is 418 g/mol. The number of carbonyl (C=O) groups is 2. The van der Waals surface area contributed by atoms with E-state index in [1.165, 1.54) is 6.33 Å². The van der Waals surface area contributed by atoms with Crippen LogP contribution in [-0.2, 0) is 6.54 Å². The van der Waals surface area contributed by atoms with Gasteiger partial charge in [0.15, 0.2) is 0 Å². The van der Waals surface area contributed by atoms with E-state index < -0.39 is 0 Å². The normalized spacial score (nSPS) is 14.3. The fourth-order valence-corrected chi connectivity index (χ4v) is 3.84. The average molecular weight is 419 g/mol. The first kappa shape index (κ1) is 20.6. The minimum absolute atomic E-state index is 0.0428. The van der Waals surface area contributed by atoms with Gasteiger partial charge < -0.3 is 15.5 Å². The van der Waals surface area contributed by atoms with Gasteiger partial charge in [0.25, 0.3) is 5.91 Å². The second kappa shape index (κ2) is 9.42. The molecule has 2 aromatic carbocycles. The molecular weight excluding hydrogens is 392 g/mol. The quantitative estimate of drug-likeness (QED) is 0.642. The lowest BCUT2D eigenvalue weighted by Gasteiger charge is -2.22. The molecule has 31 heavy (non-hydrogen) atoms. The third-order valence-electron chi connectivity index (χ3n) is 5.48. The minimum Gasteiger partial charge on any atom is -0.339 e. The molecule has 8 heteroatoms. The number of likely N-dealkylation sites (tertiary alicyclic amines) is 1. The third-order valence-corrected chi connectivity index (χ3v) is 5.48. The lowest BCUT2D eigenvalue weighted by molar-refractivity contribution is 0.0793. The molecule has 1 unspecified atom stereocenters. The van der Waals surface area contributed by atoms with Crippen molar-refractivity contribution in [3.63, 3.8) is 0 Å². The number of benzene rings is 2. The number of hydrogen-bond acceptors (Lipinski definition) is 4. The van der Waals surface area contributed by atoms with E-state index in [1.54, 1.807) is 17.1 Å². The minimum atomic E-state index is -0.376. The van der Waals surface area contributed by atoms with Crippen molar-refractivity contribution in [2.24, 2.45) is 0 Å². The molecule has 2 N–H and O–H groups in total. The molecule has 0 spiro atoms. The summed E-state index contributed by atoms with van der Waals surface area (Å²) in [6, 6.07) is 14.5. The van der Waals surface area contributed by atoms with Gasteiger partial charge in [0.05, 0.1) is 23.8 Å². The lowest BCUT2D eigenvalue weighted by atomic mass is 10.1. The van der Waals surface area contributed by atoms with Crippen LogP contribution in [0, 0.1) is 6.92 Å². The van der Waals surface area contributed by atoms with Crippen LogP contribution in [0.5, 0.6) is 0 Å². The molecule has 0 aliphatic carbocycles. The van der Waals surface area contributed by atoms with E-state index in [4.69, 9.17) is 0 Å². The first-order valence-electron chi connectivity index (χ1n) is 10.5. The molecule has 3 amide bonds. The first-order chi connectivity index (χ1) is 15.1. The Bertz CT molecular complexity index is 1030. The second-order valence-corrected chi connectivity index (χ2v) is 7.68. The van der Waals surface area contributed by atoms with Crippen LogP contribution in [0.25, 0.3) is 0 Å².